The van der Waals surface area contributed by atoms with Crippen molar-refractivity contribution in [2.75, 3.05) is 0 Å². The molecular weight excluding hydrogens is 438 g/mol. The van der Waals surface area contributed by atoms with Crippen molar-refractivity contribution in [3.63, 3.8) is 0 Å². The third-order valence-corrected chi connectivity index (χ3v) is 10.1. The Kier molecular flexibility index (Phi) is 6.01. The molecule has 3 saturated carbocycles. The van der Waals surface area contributed by atoms with Crippen LogP contribution >= 0.6 is 0 Å². The summed E-state index contributed by atoms with van der Waals surface area (Å²) in [4.78, 5) is 38.3. The highest BCUT2D eigenvalue weighted by atomic mass is 16.6. The lowest BCUT2D eigenvalue weighted by Gasteiger charge is -2.58. The highest BCUT2D eigenvalue weighted by Gasteiger charge is 2.68. The van der Waals surface area contributed by atoms with Gasteiger partial charge in [0, 0.05) is 10.8 Å². The van der Waals surface area contributed by atoms with E-state index in [1.807, 2.05) is 37.3 Å². The largest absolute Gasteiger partial charge is 0.434 e. The van der Waals surface area contributed by atoms with Gasteiger partial charge in [-0.1, -0.05) is 68.0 Å². The minimum atomic E-state index is -1.40. The molecule has 0 spiro atoms. The number of hydrogen-bond acceptors (Lipinski definition) is 4. The van der Waals surface area contributed by atoms with Crippen molar-refractivity contribution in [2.24, 2.45) is 28.6 Å². The average molecular weight is 476 g/mol. The predicted octanol–water partition coefficient (Wildman–Crippen LogP) is 6.11. The summed E-state index contributed by atoms with van der Waals surface area (Å²) in [5, 5.41) is 2.89. The van der Waals surface area contributed by atoms with Crippen molar-refractivity contribution in [1.82, 2.24) is 5.32 Å². The van der Waals surface area contributed by atoms with E-state index in [1.165, 1.54) is 0 Å². The van der Waals surface area contributed by atoms with Gasteiger partial charge in [0.05, 0.1) is 6.04 Å². The first-order valence-corrected chi connectivity index (χ1v) is 13.2. The van der Waals surface area contributed by atoms with Crippen LogP contribution in [0, 0.1) is 28.6 Å². The van der Waals surface area contributed by atoms with Gasteiger partial charge in [-0.05, 0) is 75.2 Å². The number of carbonyl (C=O) groups excluding carboxylic acids is 3. The van der Waals surface area contributed by atoms with Gasteiger partial charge in [-0.2, -0.15) is 0 Å². The lowest BCUT2D eigenvalue weighted by atomic mass is 9.47. The Bertz CT molecular complexity index is 1080. The summed E-state index contributed by atoms with van der Waals surface area (Å²) >= 11 is 0. The van der Waals surface area contributed by atoms with E-state index in [1.54, 1.807) is 5.57 Å². The third kappa shape index (κ3) is 3.61. The number of rotatable bonds is 5. The number of hydrogen-bond donors (Lipinski definition) is 1. The molecule has 0 bridgehead atoms. The summed E-state index contributed by atoms with van der Waals surface area (Å²) in [5.74, 6) is 0.628. The fourth-order valence-electron chi connectivity index (χ4n) is 8.25. The summed E-state index contributed by atoms with van der Waals surface area (Å²) in [6.45, 7) is 6.36. The molecule has 7 atom stereocenters. The Morgan fingerprint density at radius 1 is 1.09 bits per heavy atom. The molecule has 186 valence electrons. The number of aldehydes is 1. The Hall–Kier alpha value is -2.69. The minimum absolute atomic E-state index is 0.0752. The molecule has 3 fully saturated rings. The van der Waals surface area contributed by atoms with Crippen LogP contribution in [-0.2, 0) is 14.3 Å². The number of amides is 1. The van der Waals surface area contributed by atoms with Crippen LogP contribution in [0.25, 0.3) is 0 Å². The van der Waals surface area contributed by atoms with Crippen LogP contribution in [-0.4, -0.2) is 23.8 Å². The van der Waals surface area contributed by atoms with Crippen LogP contribution < -0.4 is 5.32 Å². The number of nitrogens with one attached hydrogen (secondary N) is 1. The van der Waals surface area contributed by atoms with Crippen LogP contribution in [0.2, 0.25) is 0 Å². The predicted molar refractivity (Wildman–Crippen MR) is 135 cm³/mol. The number of carbonyl (C=O) groups is 3. The molecule has 35 heavy (non-hydrogen) atoms. The topological polar surface area (TPSA) is 72.5 Å². The molecule has 1 amide bonds. The molecule has 0 unspecified atom stereocenters. The van der Waals surface area contributed by atoms with Crippen molar-refractivity contribution in [1.29, 1.82) is 0 Å². The molecule has 0 aromatic heterocycles. The smallest absolute Gasteiger partial charge is 0.408 e. The molecule has 0 aliphatic heterocycles. The maximum absolute atomic E-state index is 13.2. The summed E-state index contributed by atoms with van der Waals surface area (Å²) < 4.78 is 6.07. The number of Topliss-reactive ketones (excluding diaryl/α,β-unsaturated/α-hetero) is 1. The van der Waals surface area contributed by atoms with E-state index >= 15 is 0 Å². The number of ether oxygens (including phenoxy) is 1. The molecule has 5 rings (SSSR count). The van der Waals surface area contributed by atoms with Crippen molar-refractivity contribution in [3.05, 3.63) is 59.7 Å². The molecule has 1 aromatic rings. The molecule has 1 N–H and O–H groups in total. The molecule has 0 saturated heterocycles. The van der Waals surface area contributed by atoms with Gasteiger partial charge in [-0.15, -0.1) is 0 Å². The molecule has 5 nitrogen and oxygen atoms in total. The minimum Gasteiger partial charge on any atom is -0.434 e. The number of alkyl carbamates (subject to hydrolysis) is 1. The van der Waals surface area contributed by atoms with E-state index in [4.69, 9.17) is 4.74 Å². The van der Waals surface area contributed by atoms with Crippen molar-refractivity contribution < 1.29 is 19.1 Å². The SMILES string of the molecule is C[C@H](NC(=O)O[C@]1(C(=O)C=O)CC[C@H]2[C@@H]3CCC4=CCC=C[C@]4(C)[C@H]3CC[C@@]21C)c1ccccc1. The Morgan fingerprint density at radius 2 is 1.83 bits per heavy atom. The molecule has 0 radical (unpaired) electrons. The monoisotopic (exact) mass is 475 g/mol. The molecule has 1 aromatic carbocycles. The van der Waals surface area contributed by atoms with Gasteiger partial charge >= 0.3 is 6.09 Å². The summed E-state index contributed by atoms with van der Waals surface area (Å²) in [5.41, 5.74) is 0.644. The molecule has 0 heterocycles. The normalized spacial score (nSPS) is 38.3. The molecular formula is C30H37NO4. The zero-order valence-electron chi connectivity index (χ0n) is 21.1. The highest BCUT2D eigenvalue weighted by Crippen LogP contribution is 2.67. The lowest BCUT2D eigenvalue weighted by molar-refractivity contribution is -0.162. The second-order valence-electron chi connectivity index (χ2n) is 11.5. The maximum atomic E-state index is 13.2. The van der Waals surface area contributed by atoms with Gasteiger partial charge in [0.15, 0.2) is 11.9 Å². The lowest BCUT2D eigenvalue weighted by Crippen LogP contribution is -2.60. The van der Waals surface area contributed by atoms with Crippen LogP contribution in [0.15, 0.2) is 54.1 Å². The quantitative estimate of drug-likeness (QED) is 0.317. The number of ketones is 1. The highest BCUT2D eigenvalue weighted by molar-refractivity contribution is 6.29. The molecule has 5 heteroatoms. The van der Waals surface area contributed by atoms with E-state index in [9.17, 15) is 14.4 Å². The third-order valence-electron chi connectivity index (χ3n) is 10.1. The molecule has 4 aliphatic rings. The Labute approximate surface area is 208 Å². The first kappa shape index (κ1) is 24.0. The summed E-state index contributed by atoms with van der Waals surface area (Å²) in [6.07, 6.45) is 13.0. The van der Waals surface area contributed by atoms with Crippen LogP contribution in [0.5, 0.6) is 0 Å². The van der Waals surface area contributed by atoms with Crippen molar-refractivity contribution >= 4 is 18.2 Å². The number of allylic oxidation sites excluding steroid dienone is 4. The van der Waals surface area contributed by atoms with Gasteiger partial charge in [-0.3, -0.25) is 9.59 Å². The van der Waals surface area contributed by atoms with Gasteiger partial charge in [0.25, 0.3) is 0 Å². The second kappa shape index (κ2) is 8.76. The van der Waals surface area contributed by atoms with Gasteiger partial charge in [0.1, 0.15) is 0 Å². The molecule has 4 aliphatic carbocycles. The first-order valence-electron chi connectivity index (χ1n) is 13.2. The van der Waals surface area contributed by atoms with Gasteiger partial charge < -0.3 is 10.1 Å². The second-order valence-corrected chi connectivity index (χ2v) is 11.5. The maximum Gasteiger partial charge on any atom is 0.408 e. The van der Waals surface area contributed by atoms with E-state index < -0.39 is 22.9 Å². The van der Waals surface area contributed by atoms with Crippen molar-refractivity contribution in [3.8, 4) is 0 Å². The van der Waals surface area contributed by atoms with Crippen LogP contribution in [0.4, 0.5) is 4.79 Å². The van der Waals surface area contributed by atoms with E-state index in [0.29, 0.717) is 24.5 Å². The van der Waals surface area contributed by atoms with E-state index in [-0.39, 0.29) is 17.4 Å². The van der Waals surface area contributed by atoms with E-state index in [0.717, 1.165) is 44.1 Å². The van der Waals surface area contributed by atoms with Crippen molar-refractivity contribution in [2.45, 2.75) is 77.4 Å². The zero-order valence-corrected chi connectivity index (χ0v) is 21.1. The number of fused-ring (bicyclic) bond motifs is 5. The standard InChI is InChI=1S/C30H37NO4/c1-20(21-9-5-4-6-10-21)31-27(34)35-30(26(33)19-32)18-15-25-23-13-12-22-11-7-8-16-28(22,2)24(23)14-17-29(25,30)3/h4-6,8-11,16,19-20,23-25H,7,12-15,17-18H2,1-3H3,(H,31,34)/t20-,23+,24-,25-,28-,29-,30-/m0/s1. The fourth-order valence-corrected chi connectivity index (χ4v) is 8.25. The Balaban J connectivity index is 1.41. The number of benzene rings is 1. The van der Waals surface area contributed by atoms with Gasteiger partial charge in [-0.25, -0.2) is 4.79 Å². The van der Waals surface area contributed by atoms with Gasteiger partial charge in [0.2, 0.25) is 5.78 Å². The van der Waals surface area contributed by atoms with E-state index in [2.05, 4.69) is 37.4 Å². The Morgan fingerprint density at radius 3 is 2.57 bits per heavy atom. The average Bonchev–Trinajstić information content (AvgIpc) is 3.16. The summed E-state index contributed by atoms with van der Waals surface area (Å²) in [6, 6.07) is 9.38. The van der Waals surface area contributed by atoms with Crippen LogP contribution in [0.3, 0.4) is 0 Å². The fraction of sp³-hybridized carbons (Fsp3) is 0.567. The summed E-state index contributed by atoms with van der Waals surface area (Å²) in [7, 11) is 0. The van der Waals surface area contributed by atoms with Crippen LogP contribution in [0.1, 0.15) is 77.3 Å². The first-order chi connectivity index (χ1) is 16.7. The zero-order chi connectivity index (χ0) is 24.8.